The summed E-state index contributed by atoms with van der Waals surface area (Å²) < 4.78 is 7.14. The highest BCUT2D eigenvalue weighted by Gasteiger charge is 2.44. The summed E-state index contributed by atoms with van der Waals surface area (Å²) in [6.07, 6.45) is -2.78. The lowest BCUT2D eigenvalue weighted by atomic mass is 10.1. The number of aliphatic hydroxyl groups is 3. The fraction of sp³-hybridized carbons (Fsp3) is 0.500. The molecule has 0 aromatic carbocycles. The number of hydrogen-bond donors (Lipinski definition) is 4. The molecule has 20 heavy (non-hydrogen) atoms. The summed E-state index contributed by atoms with van der Waals surface area (Å²) in [5.74, 6) is 0.187. The Kier molecular flexibility index (Phi) is 3.34. The van der Waals surface area contributed by atoms with Crippen molar-refractivity contribution in [3.05, 3.63) is 11.1 Å². The van der Waals surface area contributed by atoms with Gasteiger partial charge in [0.15, 0.2) is 17.7 Å². The van der Waals surface area contributed by atoms with Crippen molar-refractivity contribution in [1.29, 1.82) is 0 Å². The number of nitrogen functional groups attached to an aromatic ring is 1. The molecule has 1 aliphatic heterocycles. The lowest BCUT2D eigenvalue weighted by molar-refractivity contribution is -0.0511. The number of aromatic nitrogens is 4. The van der Waals surface area contributed by atoms with Crippen LogP contribution in [0.15, 0.2) is 11.1 Å². The van der Waals surface area contributed by atoms with Crippen LogP contribution in [0.25, 0.3) is 11.2 Å². The minimum Gasteiger partial charge on any atom is -0.394 e. The molecule has 1 saturated heterocycles. The van der Waals surface area contributed by atoms with Crippen molar-refractivity contribution in [3.8, 4) is 0 Å². The Morgan fingerprint density at radius 2 is 2.10 bits per heavy atom. The lowest BCUT2D eigenvalue weighted by Gasteiger charge is -2.16. The Hall–Kier alpha value is -1.33. The predicted molar refractivity (Wildman–Crippen MR) is 70.4 cm³/mol. The van der Waals surface area contributed by atoms with Crippen molar-refractivity contribution in [2.75, 3.05) is 12.3 Å². The van der Waals surface area contributed by atoms with E-state index in [0.29, 0.717) is 11.2 Å². The predicted octanol–water partition coefficient (Wildman–Crippen LogP) is -1.22. The van der Waals surface area contributed by atoms with Crippen LogP contribution in [0, 0.1) is 0 Å². The molecule has 0 aliphatic carbocycles. The first kappa shape index (κ1) is 13.6. The second-order valence-corrected chi connectivity index (χ2v) is 5.14. The number of aliphatic hydroxyl groups excluding tert-OH is 3. The molecular weight excluding hydrogens is 334 g/mol. The molecule has 0 unspecified atom stereocenters. The molecule has 0 spiro atoms. The zero-order valence-electron chi connectivity index (χ0n) is 10.1. The summed E-state index contributed by atoms with van der Waals surface area (Å²) in [7, 11) is 0. The molecule has 0 radical (unpaired) electrons. The summed E-state index contributed by atoms with van der Waals surface area (Å²) >= 11 is 3.13. The Morgan fingerprint density at radius 3 is 2.75 bits per heavy atom. The van der Waals surface area contributed by atoms with Crippen LogP contribution in [-0.4, -0.2) is 59.8 Å². The smallest absolute Gasteiger partial charge is 0.200 e. The molecule has 3 heterocycles. The van der Waals surface area contributed by atoms with Crippen LogP contribution in [0.1, 0.15) is 6.23 Å². The first-order chi connectivity index (χ1) is 9.52. The van der Waals surface area contributed by atoms with Gasteiger partial charge in [-0.2, -0.15) is 0 Å². The van der Waals surface area contributed by atoms with Gasteiger partial charge in [-0.05, 0) is 15.9 Å². The second kappa shape index (κ2) is 4.90. The summed E-state index contributed by atoms with van der Waals surface area (Å²) in [5, 5.41) is 28.9. The van der Waals surface area contributed by atoms with Crippen molar-refractivity contribution < 1.29 is 20.1 Å². The average molecular weight is 346 g/mol. The number of rotatable bonds is 2. The Balaban J connectivity index is 2.07. The van der Waals surface area contributed by atoms with E-state index in [1.807, 2.05) is 0 Å². The quantitative estimate of drug-likeness (QED) is 0.496. The number of imidazole rings is 1. The van der Waals surface area contributed by atoms with Gasteiger partial charge in [0.05, 0.1) is 12.9 Å². The van der Waals surface area contributed by atoms with Gasteiger partial charge >= 0.3 is 0 Å². The number of halogens is 1. The highest BCUT2D eigenvalue weighted by molar-refractivity contribution is 9.10. The third kappa shape index (κ3) is 1.96. The van der Waals surface area contributed by atoms with E-state index in [2.05, 4.69) is 30.9 Å². The van der Waals surface area contributed by atoms with Crippen molar-refractivity contribution in [3.63, 3.8) is 0 Å². The number of fused-ring (bicyclic) bond motifs is 1. The number of anilines is 1. The van der Waals surface area contributed by atoms with Crippen LogP contribution in [0.4, 0.5) is 5.82 Å². The fourth-order valence-electron chi connectivity index (χ4n) is 2.21. The van der Waals surface area contributed by atoms with Crippen molar-refractivity contribution >= 4 is 32.9 Å². The van der Waals surface area contributed by atoms with Crippen LogP contribution in [0.3, 0.4) is 0 Å². The molecule has 9 nitrogen and oxygen atoms in total. The van der Waals surface area contributed by atoms with Gasteiger partial charge in [0, 0.05) is 0 Å². The van der Waals surface area contributed by atoms with Gasteiger partial charge in [0.2, 0.25) is 4.73 Å². The maximum Gasteiger partial charge on any atom is 0.200 e. The molecule has 4 atom stereocenters. The molecule has 2 aromatic rings. The van der Waals surface area contributed by atoms with E-state index in [1.54, 1.807) is 0 Å². The zero-order valence-corrected chi connectivity index (χ0v) is 11.7. The highest BCUT2D eigenvalue weighted by atomic mass is 79.9. The monoisotopic (exact) mass is 345 g/mol. The van der Waals surface area contributed by atoms with Crippen molar-refractivity contribution in [1.82, 2.24) is 19.5 Å². The molecule has 0 bridgehead atoms. The molecule has 3 rings (SSSR count). The van der Waals surface area contributed by atoms with E-state index < -0.39 is 31.1 Å². The summed E-state index contributed by atoms with van der Waals surface area (Å²) in [5.41, 5.74) is 6.46. The maximum absolute atomic E-state index is 10.0. The number of nitrogens with two attached hydrogens (primary N) is 1. The third-order valence-electron chi connectivity index (χ3n) is 3.21. The highest BCUT2D eigenvalue weighted by Crippen LogP contribution is 2.32. The number of ether oxygens (including phenoxy) is 1. The molecule has 1 fully saturated rings. The molecule has 108 valence electrons. The van der Waals surface area contributed by atoms with Gasteiger partial charge in [-0.15, -0.1) is 0 Å². The first-order valence-electron chi connectivity index (χ1n) is 5.81. The Bertz CT molecular complexity index is 650. The van der Waals surface area contributed by atoms with Crippen LogP contribution in [0.5, 0.6) is 0 Å². The van der Waals surface area contributed by atoms with E-state index in [4.69, 9.17) is 15.6 Å². The molecular formula is C10H12BrN5O4. The number of hydrogen-bond acceptors (Lipinski definition) is 8. The van der Waals surface area contributed by atoms with Crippen LogP contribution in [-0.2, 0) is 4.74 Å². The molecule has 10 heteroatoms. The van der Waals surface area contributed by atoms with Gasteiger partial charge < -0.3 is 25.8 Å². The van der Waals surface area contributed by atoms with E-state index >= 15 is 0 Å². The van der Waals surface area contributed by atoms with E-state index in [-0.39, 0.29) is 10.6 Å². The molecule has 1 aliphatic rings. The SMILES string of the molecule is Nc1nc(Br)nc2c1ncn2[C@@H]1O[C@H](CO)[C@@H](O)[C@H]1O. The average Bonchev–Trinajstić information content (AvgIpc) is 2.93. The maximum atomic E-state index is 10.0. The Labute approximate surface area is 121 Å². The molecule has 0 saturated carbocycles. The summed E-state index contributed by atoms with van der Waals surface area (Å²) in [6.45, 7) is -0.401. The molecule has 5 N–H and O–H groups in total. The standard InChI is InChI=1S/C10H12BrN5O4/c11-10-14-7(12)4-8(15-10)16(2-13-4)9-6(19)5(18)3(1-17)20-9/h2-3,5-6,9,17-19H,1H2,(H2,12,14,15)/t3-,5-,6-,9-/m1/s1. The van der Waals surface area contributed by atoms with Crippen LogP contribution < -0.4 is 5.73 Å². The third-order valence-corrected chi connectivity index (χ3v) is 3.57. The first-order valence-corrected chi connectivity index (χ1v) is 6.60. The fourth-order valence-corrected chi connectivity index (χ4v) is 2.57. The minimum absolute atomic E-state index is 0.187. The van der Waals surface area contributed by atoms with E-state index in [9.17, 15) is 10.2 Å². The normalized spacial score (nSPS) is 30.2. The summed E-state index contributed by atoms with van der Waals surface area (Å²) in [6, 6.07) is 0. The molecule has 0 amide bonds. The van der Waals surface area contributed by atoms with Gasteiger partial charge in [-0.1, -0.05) is 0 Å². The van der Waals surface area contributed by atoms with Crippen LogP contribution in [0.2, 0.25) is 0 Å². The number of nitrogens with zero attached hydrogens (tertiary/aromatic N) is 4. The summed E-state index contributed by atoms with van der Waals surface area (Å²) in [4.78, 5) is 12.1. The van der Waals surface area contributed by atoms with Gasteiger partial charge in [0.25, 0.3) is 0 Å². The zero-order chi connectivity index (χ0) is 14.4. The van der Waals surface area contributed by atoms with Gasteiger partial charge in [-0.25, -0.2) is 15.0 Å². The van der Waals surface area contributed by atoms with E-state index in [0.717, 1.165) is 0 Å². The molecule has 2 aromatic heterocycles. The topological polar surface area (TPSA) is 140 Å². The Morgan fingerprint density at radius 1 is 1.35 bits per heavy atom. The van der Waals surface area contributed by atoms with Crippen molar-refractivity contribution in [2.45, 2.75) is 24.5 Å². The van der Waals surface area contributed by atoms with Gasteiger partial charge in [-0.3, -0.25) is 4.57 Å². The van der Waals surface area contributed by atoms with Gasteiger partial charge in [0.1, 0.15) is 23.8 Å². The van der Waals surface area contributed by atoms with E-state index in [1.165, 1.54) is 10.9 Å². The largest absolute Gasteiger partial charge is 0.394 e. The second-order valence-electron chi connectivity index (χ2n) is 4.43. The lowest BCUT2D eigenvalue weighted by Crippen LogP contribution is -2.33. The van der Waals surface area contributed by atoms with Crippen molar-refractivity contribution in [2.24, 2.45) is 0 Å². The minimum atomic E-state index is -1.21. The van der Waals surface area contributed by atoms with Crippen LogP contribution >= 0.6 is 15.9 Å².